The van der Waals surface area contributed by atoms with Crippen LogP contribution in [0.2, 0.25) is 0 Å². The van der Waals surface area contributed by atoms with Crippen molar-refractivity contribution >= 4 is 23.3 Å². The fourth-order valence-corrected chi connectivity index (χ4v) is 2.93. The van der Waals surface area contributed by atoms with E-state index >= 15 is 0 Å². The predicted octanol–water partition coefficient (Wildman–Crippen LogP) is 2.30. The third-order valence-corrected chi connectivity index (χ3v) is 4.15. The second-order valence-corrected chi connectivity index (χ2v) is 5.81. The summed E-state index contributed by atoms with van der Waals surface area (Å²) < 4.78 is 10.5. The van der Waals surface area contributed by atoms with Crippen molar-refractivity contribution in [3.8, 4) is 11.5 Å². The first-order chi connectivity index (χ1) is 12.2. The highest BCUT2D eigenvalue weighted by molar-refractivity contribution is 5.99. The third kappa shape index (κ3) is 3.08. The number of nitrogens with zero attached hydrogens (tertiary/aromatic N) is 2. The number of rotatable bonds is 4. The summed E-state index contributed by atoms with van der Waals surface area (Å²) in [5.41, 5.74) is 1.45. The molecular formula is C18H17N3O4. The number of fused-ring (bicyclic) bond motifs is 1. The molecule has 0 unspecified atom stereocenters. The van der Waals surface area contributed by atoms with Crippen molar-refractivity contribution in [3.63, 3.8) is 0 Å². The molecule has 3 amide bonds. The van der Waals surface area contributed by atoms with Gasteiger partial charge in [0.2, 0.25) is 12.7 Å². The molecule has 2 aliphatic heterocycles. The van der Waals surface area contributed by atoms with E-state index in [9.17, 15) is 9.59 Å². The molecule has 0 spiro atoms. The van der Waals surface area contributed by atoms with Crippen molar-refractivity contribution in [2.75, 3.05) is 36.6 Å². The topological polar surface area (TPSA) is 71.1 Å². The Morgan fingerprint density at radius 1 is 1.04 bits per heavy atom. The lowest BCUT2D eigenvalue weighted by Crippen LogP contribution is -2.37. The molecule has 0 aliphatic carbocycles. The van der Waals surface area contributed by atoms with Crippen LogP contribution in [-0.4, -0.2) is 43.3 Å². The number of hydrogen-bond donors (Lipinski definition) is 1. The highest BCUT2D eigenvalue weighted by atomic mass is 16.7. The second kappa shape index (κ2) is 6.35. The molecule has 0 aromatic heterocycles. The summed E-state index contributed by atoms with van der Waals surface area (Å²) >= 11 is 0. The molecule has 0 saturated carbocycles. The van der Waals surface area contributed by atoms with Crippen molar-refractivity contribution in [1.29, 1.82) is 0 Å². The summed E-state index contributed by atoms with van der Waals surface area (Å²) in [7, 11) is 0. The number of urea groups is 1. The first kappa shape index (κ1) is 15.3. The lowest BCUT2D eigenvalue weighted by atomic mass is 10.2. The maximum Gasteiger partial charge on any atom is 0.325 e. The number of anilines is 2. The van der Waals surface area contributed by atoms with Gasteiger partial charge in [-0.05, 0) is 24.3 Å². The quantitative estimate of drug-likeness (QED) is 0.928. The summed E-state index contributed by atoms with van der Waals surface area (Å²) in [4.78, 5) is 28.0. The number of para-hydroxylation sites is 1. The molecule has 1 N–H and O–H groups in total. The monoisotopic (exact) mass is 339 g/mol. The average molecular weight is 339 g/mol. The van der Waals surface area contributed by atoms with Crippen molar-refractivity contribution in [1.82, 2.24) is 4.90 Å². The molecule has 7 heteroatoms. The zero-order valence-corrected chi connectivity index (χ0v) is 13.5. The molecule has 7 nitrogen and oxygen atoms in total. The van der Waals surface area contributed by atoms with E-state index in [1.807, 2.05) is 30.3 Å². The van der Waals surface area contributed by atoms with E-state index in [0.717, 1.165) is 5.69 Å². The first-order valence-corrected chi connectivity index (χ1v) is 8.02. The van der Waals surface area contributed by atoms with Crippen LogP contribution in [0.25, 0.3) is 0 Å². The van der Waals surface area contributed by atoms with Crippen LogP contribution in [0.5, 0.6) is 11.5 Å². The van der Waals surface area contributed by atoms with E-state index in [1.165, 1.54) is 4.90 Å². The molecule has 2 aliphatic rings. The van der Waals surface area contributed by atoms with Crippen molar-refractivity contribution in [2.45, 2.75) is 0 Å². The van der Waals surface area contributed by atoms with Gasteiger partial charge in [0.15, 0.2) is 11.5 Å². The summed E-state index contributed by atoms with van der Waals surface area (Å²) in [5, 5.41) is 2.79. The van der Waals surface area contributed by atoms with E-state index in [1.54, 1.807) is 23.1 Å². The van der Waals surface area contributed by atoms with Gasteiger partial charge in [-0.2, -0.15) is 0 Å². The molecule has 2 aromatic carbocycles. The highest BCUT2D eigenvalue weighted by Crippen LogP contribution is 2.34. The van der Waals surface area contributed by atoms with Gasteiger partial charge in [0, 0.05) is 30.5 Å². The molecule has 0 radical (unpaired) electrons. The van der Waals surface area contributed by atoms with Crippen LogP contribution in [0.1, 0.15) is 0 Å². The summed E-state index contributed by atoms with van der Waals surface area (Å²) in [5.74, 6) is 1.01. The minimum atomic E-state index is -0.248. The Balaban J connectivity index is 1.37. The Hall–Kier alpha value is -3.22. The van der Waals surface area contributed by atoms with Gasteiger partial charge in [-0.25, -0.2) is 4.79 Å². The third-order valence-electron chi connectivity index (χ3n) is 4.15. The van der Waals surface area contributed by atoms with Crippen LogP contribution in [0, 0.1) is 0 Å². The summed E-state index contributed by atoms with van der Waals surface area (Å²) in [6.07, 6.45) is 0. The number of amides is 3. The van der Waals surface area contributed by atoms with Gasteiger partial charge < -0.3 is 19.7 Å². The molecular weight excluding hydrogens is 322 g/mol. The van der Waals surface area contributed by atoms with Crippen LogP contribution in [0.4, 0.5) is 16.2 Å². The Morgan fingerprint density at radius 2 is 1.84 bits per heavy atom. The van der Waals surface area contributed by atoms with Crippen molar-refractivity contribution in [3.05, 3.63) is 48.5 Å². The molecule has 25 heavy (non-hydrogen) atoms. The van der Waals surface area contributed by atoms with Gasteiger partial charge in [0.05, 0.1) is 0 Å². The van der Waals surface area contributed by atoms with Crippen molar-refractivity contribution in [2.24, 2.45) is 0 Å². The first-order valence-electron chi connectivity index (χ1n) is 8.02. The van der Waals surface area contributed by atoms with Crippen LogP contribution in [0.3, 0.4) is 0 Å². The van der Waals surface area contributed by atoms with E-state index in [4.69, 9.17) is 9.47 Å². The van der Waals surface area contributed by atoms with Crippen LogP contribution < -0.4 is 19.7 Å². The number of hydrogen-bond acceptors (Lipinski definition) is 4. The maximum absolute atomic E-state index is 12.5. The van der Waals surface area contributed by atoms with Gasteiger partial charge in [-0.1, -0.05) is 18.2 Å². The van der Waals surface area contributed by atoms with Crippen LogP contribution in [0.15, 0.2) is 48.5 Å². The average Bonchev–Trinajstić information content (AvgIpc) is 3.22. The molecule has 2 heterocycles. The van der Waals surface area contributed by atoms with Gasteiger partial charge >= 0.3 is 6.03 Å². The number of carbonyl (C=O) groups is 2. The zero-order valence-electron chi connectivity index (χ0n) is 13.5. The summed E-state index contributed by atoms with van der Waals surface area (Å²) in [6.45, 7) is 1.28. The van der Waals surface area contributed by atoms with Gasteiger partial charge in [0.25, 0.3) is 0 Å². The molecule has 4 rings (SSSR count). The highest BCUT2D eigenvalue weighted by Gasteiger charge is 2.30. The Morgan fingerprint density at radius 3 is 2.68 bits per heavy atom. The number of ether oxygens (including phenoxy) is 2. The molecule has 0 bridgehead atoms. The summed E-state index contributed by atoms with van der Waals surface area (Å²) in [6, 6.07) is 14.5. The van der Waals surface area contributed by atoms with Gasteiger partial charge in [0.1, 0.15) is 6.54 Å². The Bertz CT molecular complexity index is 809. The fourth-order valence-electron chi connectivity index (χ4n) is 2.93. The van der Waals surface area contributed by atoms with Crippen molar-refractivity contribution < 1.29 is 19.1 Å². The minimum Gasteiger partial charge on any atom is -0.454 e. The number of nitrogens with one attached hydrogen (secondary N) is 1. The van der Waals surface area contributed by atoms with Gasteiger partial charge in [-0.15, -0.1) is 0 Å². The second-order valence-electron chi connectivity index (χ2n) is 5.81. The molecule has 128 valence electrons. The number of benzene rings is 2. The van der Waals surface area contributed by atoms with E-state index in [2.05, 4.69) is 5.32 Å². The SMILES string of the molecule is O=C(CN1CCN(c2ccccc2)C1=O)Nc1ccc2c(c1)OCO2. The smallest absolute Gasteiger partial charge is 0.325 e. The zero-order chi connectivity index (χ0) is 17.2. The standard InChI is InChI=1S/C18H17N3O4/c22-17(19-13-6-7-15-16(10-13)25-12-24-15)11-20-8-9-21(18(20)23)14-4-2-1-3-5-14/h1-7,10H,8-9,11-12H2,(H,19,22). The minimum absolute atomic E-state index is 0.0105. The predicted molar refractivity (Wildman–Crippen MR) is 92.0 cm³/mol. The number of carbonyl (C=O) groups excluding carboxylic acids is 2. The fraction of sp³-hybridized carbons (Fsp3) is 0.222. The molecule has 2 aromatic rings. The normalized spacial score (nSPS) is 15.6. The Kier molecular flexibility index (Phi) is 3.89. The van der Waals surface area contributed by atoms with Crippen LogP contribution >= 0.6 is 0 Å². The molecule has 0 atom stereocenters. The lowest BCUT2D eigenvalue weighted by Gasteiger charge is -2.18. The molecule has 1 saturated heterocycles. The van der Waals surface area contributed by atoms with E-state index in [-0.39, 0.29) is 25.3 Å². The van der Waals surface area contributed by atoms with E-state index in [0.29, 0.717) is 30.3 Å². The lowest BCUT2D eigenvalue weighted by molar-refractivity contribution is -0.116. The molecule has 1 fully saturated rings. The Labute approximate surface area is 144 Å². The van der Waals surface area contributed by atoms with E-state index < -0.39 is 0 Å². The maximum atomic E-state index is 12.5. The van der Waals surface area contributed by atoms with Gasteiger partial charge in [-0.3, -0.25) is 9.69 Å². The van der Waals surface area contributed by atoms with Crippen LogP contribution in [-0.2, 0) is 4.79 Å². The largest absolute Gasteiger partial charge is 0.454 e.